The maximum absolute atomic E-state index is 12.9. The van der Waals surface area contributed by atoms with Crippen LogP contribution < -0.4 is 0 Å². The summed E-state index contributed by atoms with van der Waals surface area (Å²) in [7, 11) is 1.97. The highest BCUT2D eigenvalue weighted by Crippen LogP contribution is 2.26. The lowest BCUT2D eigenvalue weighted by molar-refractivity contribution is 0.0624. The fourth-order valence-electron chi connectivity index (χ4n) is 3.67. The van der Waals surface area contributed by atoms with Crippen molar-refractivity contribution in [2.24, 2.45) is 7.05 Å². The predicted octanol–water partition coefficient (Wildman–Crippen LogP) is 2.98. The molecule has 0 saturated carbocycles. The van der Waals surface area contributed by atoms with Crippen LogP contribution in [0.2, 0.25) is 0 Å². The van der Waals surface area contributed by atoms with Crippen molar-refractivity contribution in [3.8, 4) is 11.1 Å². The molecule has 28 heavy (non-hydrogen) atoms. The lowest BCUT2D eigenvalue weighted by Gasteiger charge is -2.33. The lowest BCUT2D eigenvalue weighted by atomic mass is 9.98. The average molecular weight is 378 g/mol. The van der Waals surface area contributed by atoms with E-state index < -0.39 is 6.09 Å². The van der Waals surface area contributed by atoms with E-state index in [1.54, 1.807) is 11.2 Å². The molecule has 2 amide bonds. The van der Waals surface area contributed by atoms with Crippen molar-refractivity contribution in [2.45, 2.75) is 6.92 Å². The summed E-state index contributed by atoms with van der Waals surface area (Å²) in [4.78, 5) is 31.4. The minimum Gasteiger partial charge on any atom is -0.465 e. The number of piperazine rings is 1. The van der Waals surface area contributed by atoms with Crippen LogP contribution in [-0.2, 0) is 7.05 Å². The number of fused-ring (bicyclic) bond motifs is 1. The van der Waals surface area contributed by atoms with Crippen LogP contribution in [0.1, 0.15) is 15.9 Å². The van der Waals surface area contributed by atoms with Crippen molar-refractivity contribution in [2.75, 3.05) is 26.2 Å². The molecule has 7 heteroatoms. The summed E-state index contributed by atoms with van der Waals surface area (Å²) in [6.45, 7) is 3.47. The summed E-state index contributed by atoms with van der Waals surface area (Å²) in [6, 6.07) is 12.0. The summed E-state index contributed by atoms with van der Waals surface area (Å²) in [5.41, 5.74) is 5.68. The van der Waals surface area contributed by atoms with Crippen molar-refractivity contribution in [3.63, 3.8) is 0 Å². The van der Waals surface area contributed by atoms with E-state index in [-0.39, 0.29) is 5.91 Å². The maximum atomic E-state index is 12.9. The molecule has 0 spiro atoms. The Morgan fingerprint density at radius 2 is 1.61 bits per heavy atom. The Morgan fingerprint density at radius 3 is 2.29 bits per heavy atom. The van der Waals surface area contributed by atoms with Gasteiger partial charge in [0.05, 0.1) is 17.4 Å². The molecule has 3 aromatic rings. The van der Waals surface area contributed by atoms with Crippen LogP contribution in [0.15, 0.2) is 42.7 Å². The summed E-state index contributed by atoms with van der Waals surface area (Å²) >= 11 is 0. The number of hydrogen-bond acceptors (Lipinski definition) is 3. The third kappa shape index (κ3) is 3.19. The van der Waals surface area contributed by atoms with Gasteiger partial charge in [-0.1, -0.05) is 18.2 Å². The number of carbonyl (C=O) groups is 2. The van der Waals surface area contributed by atoms with Gasteiger partial charge in [0.15, 0.2) is 0 Å². The van der Waals surface area contributed by atoms with Gasteiger partial charge in [-0.15, -0.1) is 0 Å². The lowest BCUT2D eigenvalue weighted by Crippen LogP contribution is -2.50. The van der Waals surface area contributed by atoms with Crippen molar-refractivity contribution < 1.29 is 14.7 Å². The highest BCUT2D eigenvalue weighted by atomic mass is 16.4. The largest absolute Gasteiger partial charge is 0.465 e. The SMILES string of the molecule is Cc1cc(-c2ccc3c(c2)ncn3C)ccc1C(=O)N1CCN(C(=O)O)CC1. The molecule has 1 aliphatic heterocycles. The van der Waals surface area contributed by atoms with Crippen LogP contribution in [0.25, 0.3) is 22.2 Å². The highest BCUT2D eigenvalue weighted by molar-refractivity contribution is 5.96. The van der Waals surface area contributed by atoms with Crippen LogP contribution >= 0.6 is 0 Å². The molecular weight excluding hydrogens is 356 g/mol. The van der Waals surface area contributed by atoms with Crippen LogP contribution in [0.4, 0.5) is 4.79 Å². The molecule has 0 radical (unpaired) electrons. The number of benzene rings is 2. The number of rotatable bonds is 2. The fraction of sp³-hybridized carbons (Fsp3) is 0.286. The van der Waals surface area contributed by atoms with Gasteiger partial charge >= 0.3 is 6.09 Å². The number of carbonyl (C=O) groups excluding carboxylic acids is 1. The Balaban J connectivity index is 1.55. The van der Waals surface area contributed by atoms with Crippen LogP contribution in [0, 0.1) is 6.92 Å². The molecule has 4 rings (SSSR count). The number of imidazole rings is 1. The molecule has 1 saturated heterocycles. The minimum absolute atomic E-state index is 0.0470. The third-order valence-electron chi connectivity index (χ3n) is 5.35. The number of amides is 2. The molecule has 1 fully saturated rings. The quantitative estimate of drug-likeness (QED) is 0.744. The summed E-state index contributed by atoms with van der Waals surface area (Å²) in [5, 5.41) is 9.05. The Bertz CT molecular complexity index is 1060. The summed E-state index contributed by atoms with van der Waals surface area (Å²) in [6.07, 6.45) is 0.864. The van der Waals surface area contributed by atoms with Crippen molar-refractivity contribution in [3.05, 3.63) is 53.9 Å². The zero-order chi connectivity index (χ0) is 19.8. The van der Waals surface area contributed by atoms with Gasteiger partial charge in [0.2, 0.25) is 0 Å². The standard InChI is InChI=1S/C21H22N4O3/c1-14-11-15(16-4-6-19-18(12-16)22-13-23(19)2)3-5-17(14)20(26)24-7-9-25(10-8-24)21(27)28/h3-6,11-13H,7-10H2,1-2H3,(H,27,28). The molecule has 1 aliphatic rings. The number of aromatic nitrogens is 2. The second-order valence-electron chi connectivity index (χ2n) is 7.15. The predicted molar refractivity (Wildman–Crippen MR) is 106 cm³/mol. The van der Waals surface area contributed by atoms with Gasteiger partial charge in [-0.3, -0.25) is 4.79 Å². The molecule has 144 valence electrons. The molecule has 0 atom stereocenters. The van der Waals surface area contributed by atoms with Crippen LogP contribution in [0.5, 0.6) is 0 Å². The van der Waals surface area contributed by atoms with Gasteiger partial charge < -0.3 is 19.5 Å². The molecule has 7 nitrogen and oxygen atoms in total. The van der Waals surface area contributed by atoms with E-state index in [2.05, 4.69) is 17.1 Å². The Hall–Kier alpha value is -3.35. The smallest absolute Gasteiger partial charge is 0.407 e. The zero-order valence-corrected chi connectivity index (χ0v) is 15.9. The number of carboxylic acid groups (broad SMARTS) is 1. The number of hydrogen-bond donors (Lipinski definition) is 1. The average Bonchev–Trinajstić information content (AvgIpc) is 3.07. The maximum Gasteiger partial charge on any atom is 0.407 e. The second kappa shape index (κ2) is 6.99. The molecular formula is C21H22N4O3. The Labute approximate surface area is 162 Å². The summed E-state index contributed by atoms with van der Waals surface area (Å²) < 4.78 is 1.98. The van der Waals surface area contributed by atoms with Gasteiger partial charge in [0.1, 0.15) is 0 Å². The monoisotopic (exact) mass is 378 g/mol. The van der Waals surface area contributed by atoms with Gasteiger partial charge in [-0.05, 0) is 41.8 Å². The zero-order valence-electron chi connectivity index (χ0n) is 15.9. The Kier molecular flexibility index (Phi) is 4.50. The van der Waals surface area contributed by atoms with Gasteiger partial charge in [-0.25, -0.2) is 9.78 Å². The first kappa shape index (κ1) is 18.0. The highest BCUT2D eigenvalue weighted by Gasteiger charge is 2.25. The third-order valence-corrected chi connectivity index (χ3v) is 5.35. The van der Waals surface area contributed by atoms with Crippen LogP contribution in [0.3, 0.4) is 0 Å². The Morgan fingerprint density at radius 1 is 0.964 bits per heavy atom. The fourth-order valence-corrected chi connectivity index (χ4v) is 3.67. The van der Waals surface area contributed by atoms with Crippen molar-refractivity contribution in [1.29, 1.82) is 0 Å². The van der Waals surface area contributed by atoms with Crippen LogP contribution in [-0.4, -0.2) is 62.6 Å². The van der Waals surface area contributed by atoms with E-state index >= 15 is 0 Å². The molecule has 1 aromatic heterocycles. The van der Waals surface area contributed by atoms with Crippen molar-refractivity contribution in [1.82, 2.24) is 19.4 Å². The number of aryl methyl sites for hydroxylation is 2. The minimum atomic E-state index is -0.933. The second-order valence-corrected chi connectivity index (χ2v) is 7.15. The molecule has 1 N–H and O–H groups in total. The molecule has 0 unspecified atom stereocenters. The molecule has 0 bridgehead atoms. The van der Waals surface area contributed by atoms with Crippen molar-refractivity contribution >= 4 is 23.0 Å². The molecule has 2 aromatic carbocycles. The van der Waals surface area contributed by atoms with E-state index in [0.717, 1.165) is 27.7 Å². The van der Waals surface area contributed by atoms with Gasteiger partial charge in [0, 0.05) is 38.8 Å². The first-order valence-electron chi connectivity index (χ1n) is 9.23. The normalized spacial score (nSPS) is 14.5. The number of nitrogens with zero attached hydrogens (tertiary/aromatic N) is 4. The van der Waals surface area contributed by atoms with E-state index in [0.29, 0.717) is 31.7 Å². The summed E-state index contributed by atoms with van der Waals surface area (Å²) in [5.74, 6) is -0.0470. The first-order chi connectivity index (χ1) is 13.4. The topological polar surface area (TPSA) is 78.7 Å². The van der Waals surface area contributed by atoms with E-state index in [9.17, 15) is 9.59 Å². The first-order valence-corrected chi connectivity index (χ1v) is 9.23. The van der Waals surface area contributed by atoms with Gasteiger partial charge in [0.25, 0.3) is 5.91 Å². The molecule has 0 aliphatic carbocycles. The van der Waals surface area contributed by atoms with E-state index in [1.807, 2.05) is 42.8 Å². The molecule has 2 heterocycles. The van der Waals surface area contributed by atoms with E-state index in [1.165, 1.54) is 4.90 Å². The van der Waals surface area contributed by atoms with Gasteiger partial charge in [-0.2, -0.15) is 0 Å². The van der Waals surface area contributed by atoms with E-state index in [4.69, 9.17) is 5.11 Å².